The molecule has 0 fully saturated rings. The van der Waals surface area contributed by atoms with Gasteiger partial charge >= 0.3 is 0 Å². The van der Waals surface area contributed by atoms with Crippen LogP contribution in [0.15, 0.2) is 29.2 Å². The maximum atomic E-state index is 12.9. The molecule has 92 valence electrons. The van der Waals surface area contributed by atoms with E-state index in [0.29, 0.717) is 6.42 Å². The van der Waals surface area contributed by atoms with Gasteiger partial charge in [-0.1, -0.05) is 25.3 Å². The Labute approximate surface area is 101 Å². The van der Waals surface area contributed by atoms with E-state index in [-0.39, 0.29) is 4.90 Å². The lowest BCUT2D eigenvalue weighted by molar-refractivity contribution is 0.561. The van der Waals surface area contributed by atoms with E-state index in [2.05, 4.69) is 10.6 Å². The van der Waals surface area contributed by atoms with Gasteiger partial charge in [0.15, 0.2) is 0 Å². The molecule has 17 heavy (non-hydrogen) atoms. The van der Waals surface area contributed by atoms with Crippen LogP contribution in [0.25, 0.3) is 0 Å². The van der Waals surface area contributed by atoms with Crippen LogP contribution in [0.1, 0.15) is 19.8 Å². The van der Waals surface area contributed by atoms with Crippen molar-refractivity contribution in [1.82, 2.24) is 4.72 Å². The Bertz CT molecular complexity index is 520. The summed E-state index contributed by atoms with van der Waals surface area (Å²) in [6, 6.07) is 4.25. The van der Waals surface area contributed by atoms with Crippen LogP contribution in [0.2, 0.25) is 0 Å². The van der Waals surface area contributed by atoms with Crippen LogP contribution in [0.4, 0.5) is 4.39 Å². The lowest BCUT2D eigenvalue weighted by Gasteiger charge is -2.12. The van der Waals surface area contributed by atoms with E-state index < -0.39 is 21.9 Å². The monoisotopic (exact) mass is 255 g/mol. The topological polar surface area (TPSA) is 46.2 Å². The minimum Gasteiger partial charge on any atom is -0.207 e. The van der Waals surface area contributed by atoms with Crippen LogP contribution in [-0.4, -0.2) is 14.5 Å². The molecule has 0 amide bonds. The van der Waals surface area contributed by atoms with Crippen LogP contribution < -0.4 is 4.72 Å². The fraction of sp³-hybridized carbons (Fsp3) is 0.333. The van der Waals surface area contributed by atoms with Gasteiger partial charge in [0.2, 0.25) is 10.0 Å². The van der Waals surface area contributed by atoms with Gasteiger partial charge in [0.05, 0.1) is 10.9 Å². The van der Waals surface area contributed by atoms with E-state index in [4.69, 9.17) is 6.42 Å². The number of rotatable bonds is 5. The molecule has 0 radical (unpaired) electrons. The van der Waals surface area contributed by atoms with E-state index in [0.717, 1.165) is 12.5 Å². The van der Waals surface area contributed by atoms with E-state index >= 15 is 0 Å². The van der Waals surface area contributed by atoms with Crippen molar-refractivity contribution < 1.29 is 12.8 Å². The molecule has 0 aromatic heterocycles. The third-order valence-corrected chi connectivity index (χ3v) is 3.65. The standard InChI is InChI=1S/C12H14FNO2S/c1-3-6-11(4-2)14-17(15,16)12-8-5-7-10(13)9-12/h2,5,7-9,11,14H,3,6H2,1H3. The van der Waals surface area contributed by atoms with Gasteiger partial charge in [-0.25, -0.2) is 12.8 Å². The molecule has 1 aromatic carbocycles. The predicted molar refractivity (Wildman–Crippen MR) is 64.3 cm³/mol. The van der Waals surface area contributed by atoms with Crippen molar-refractivity contribution in [2.24, 2.45) is 0 Å². The SMILES string of the molecule is C#CC(CCC)NS(=O)(=O)c1cccc(F)c1. The average Bonchev–Trinajstić information content (AvgIpc) is 2.28. The second-order valence-electron chi connectivity index (χ2n) is 3.59. The van der Waals surface area contributed by atoms with Crippen molar-refractivity contribution in [3.8, 4) is 12.3 Å². The Hall–Kier alpha value is -1.38. The highest BCUT2D eigenvalue weighted by Crippen LogP contribution is 2.11. The van der Waals surface area contributed by atoms with Gasteiger partial charge in [-0.15, -0.1) is 6.42 Å². The smallest absolute Gasteiger partial charge is 0.207 e. The summed E-state index contributed by atoms with van der Waals surface area (Å²) >= 11 is 0. The van der Waals surface area contributed by atoms with E-state index in [1.54, 1.807) is 0 Å². The zero-order valence-corrected chi connectivity index (χ0v) is 10.3. The highest BCUT2D eigenvalue weighted by Gasteiger charge is 2.18. The molecule has 0 aliphatic carbocycles. The lowest BCUT2D eigenvalue weighted by Crippen LogP contribution is -2.33. The van der Waals surface area contributed by atoms with Crippen molar-refractivity contribution in [1.29, 1.82) is 0 Å². The Morgan fingerprint density at radius 3 is 2.76 bits per heavy atom. The van der Waals surface area contributed by atoms with Crippen molar-refractivity contribution in [2.45, 2.75) is 30.7 Å². The molecule has 1 atom stereocenters. The highest BCUT2D eigenvalue weighted by atomic mass is 32.2. The Balaban J connectivity index is 2.93. The van der Waals surface area contributed by atoms with Gasteiger partial charge in [0.1, 0.15) is 5.82 Å². The number of sulfonamides is 1. The van der Waals surface area contributed by atoms with Crippen LogP contribution in [-0.2, 0) is 10.0 Å². The average molecular weight is 255 g/mol. The molecule has 1 N–H and O–H groups in total. The van der Waals surface area contributed by atoms with Gasteiger partial charge < -0.3 is 0 Å². The van der Waals surface area contributed by atoms with Gasteiger partial charge in [0, 0.05) is 0 Å². The molecule has 0 saturated carbocycles. The maximum Gasteiger partial charge on any atom is 0.241 e. The minimum absolute atomic E-state index is 0.117. The molecule has 1 aromatic rings. The summed E-state index contributed by atoms with van der Waals surface area (Å²) in [5.41, 5.74) is 0. The van der Waals surface area contributed by atoms with Gasteiger partial charge in [-0.2, -0.15) is 4.72 Å². The number of halogens is 1. The summed E-state index contributed by atoms with van der Waals surface area (Å²) in [6.45, 7) is 1.90. The number of hydrogen-bond acceptors (Lipinski definition) is 2. The lowest BCUT2D eigenvalue weighted by atomic mass is 10.2. The first kappa shape index (κ1) is 13.7. The number of benzene rings is 1. The van der Waals surface area contributed by atoms with Crippen molar-refractivity contribution >= 4 is 10.0 Å². The van der Waals surface area contributed by atoms with Gasteiger partial charge in [0.25, 0.3) is 0 Å². The molecule has 5 heteroatoms. The van der Waals surface area contributed by atoms with Crippen molar-refractivity contribution in [3.05, 3.63) is 30.1 Å². The summed E-state index contributed by atoms with van der Waals surface area (Å²) < 4.78 is 39.0. The second kappa shape index (κ2) is 5.80. The van der Waals surface area contributed by atoms with Crippen LogP contribution in [0, 0.1) is 18.2 Å². The molecule has 3 nitrogen and oxygen atoms in total. The molecule has 0 saturated heterocycles. The fourth-order valence-corrected chi connectivity index (χ4v) is 2.58. The first-order chi connectivity index (χ1) is 7.99. The van der Waals surface area contributed by atoms with Crippen LogP contribution in [0.5, 0.6) is 0 Å². The number of nitrogens with one attached hydrogen (secondary N) is 1. The molecule has 0 spiro atoms. The highest BCUT2D eigenvalue weighted by molar-refractivity contribution is 7.89. The molecular weight excluding hydrogens is 241 g/mol. The van der Waals surface area contributed by atoms with E-state index in [1.165, 1.54) is 18.2 Å². The van der Waals surface area contributed by atoms with Crippen molar-refractivity contribution in [2.75, 3.05) is 0 Å². The first-order valence-corrected chi connectivity index (χ1v) is 6.72. The van der Waals surface area contributed by atoms with Gasteiger partial charge in [-0.3, -0.25) is 0 Å². The molecule has 0 heterocycles. The molecule has 0 aliphatic heterocycles. The van der Waals surface area contributed by atoms with Crippen LogP contribution in [0.3, 0.4) is 0 Å². The summed E-state index contributed by atoms with van der Waals surface area (Å²) in [6.07, 6.45) is 6.53. The van der Waals surface area contributed by atoms with Crippen molar-refractivity contribution in [3.63, 3.8) is 0 Å². The van der Waals surface area contributed by atoms with E-state index in [1.807, 2.05) is 6.92 Å². The largest absolute Gasteiger partial charge is 0.241 e. The third kappa shape index (κ3) is 3.84. The Kier molecular flexibility index (Phi) is 4.67. The molecule has 1 rings (SSSR count). The predicted octanol–water partition coefficient (Wildman–Crippen LogP) is 1.91. The first-order valence-electron chi connectivity index (χ1n) is 5.23. The summed E-state index contributed by atoms with van der Waals surface area (Å²) in [4.78, 5) is -0.117. The fourth-order valence-electron chi connectivity index (χ4n) is 1.35. The number of terminal acetylenes is 1. The summed E-state index contributed by atoms with van der Waals surface area (Å²) in [7, 11) is -3.75. The molecule has 0 bridgehead atoms. The zero-order chi connectivity index (χ0) is 12.9. The third-order valence-electron chi connectivity index (χ3n) is 2.18. The van der Waals surface area contributed by atoms with Gasteiger partial charge in [-0.05, 0) is 24.6 Å². The maximum absolute atomic E-state index is 12.9. The van der Waals surface area contributed by atoms with E-state index in [9.17, 15) is 12.8 Å². The van der Waals surface area contributed by atoms with Crippen LogP contribution >= 0.6 is 0 Å². The Morgan fingerprint density at radius 1 is 1.53 bits per heavy atom. The second-order valence-corrected chi connectivity index (χ2v) is 5.30. The molecule has 1 unspecified atom stereocenters. The quantitative estimate of drug-likeness (QED) is 0.817. The molecular formula is C12H14FNO2S. The zero-order valence-electron chi connectivity index (χ0n) is 9.48. The number of hydrogen-bond donors (Lipinski definition) is 1. The summed E-state index contributed by atoms with van der Waals surface area (Å²) in [5.74, 6) is 1.76. The summed E-state index contributed by atoms with van der Waals surface area (Å²) in [5, 5.41) is 0. The minimum atomic E-state index is -3.75. The molecule has 0 aliphatic rings. The Morgan fingerprint density at radius 2 is 2.24 bits per heavy atom. The normalized spacial score (nSPS) is 13.0.